The summed E-state index contributed by atoms with van der Waals surface area (Å²) in [5.41, 5.74) is 3.28. The Morgan fingerprint density at radius 3 is 2.71 bits per heavy atom. The molecule has 0 aliphatic heterocycles. The number of carbonyl (C=O) groups excluding carboxylic acids is 2. The summed E-state index contributed by atoms with van der Waals surface area (Å²) in [4.78, 5) is 28.6. The summed E-state index contributed by atoms with van der Waals surface area (Å²) in [6, 6.07) is 5.18. The van der Waals surface area contributed by atoms with Crippen molar-refractivity contribution in [2.45, 2.75) is 32.6 Å². The number of hydrogen-bond donors (Lipinski definition) is 2. The van der Waals surface area contributed by atoms with Crippen LogP contribution >= 0.6 is 0 Å². The van der Waals surface area contributed by atoms with Crippen LogP contribution in [0.25, 0.3) is 0 Å². The predicted molar refractivity (Wildman–Crippen MR) is 92.3 cm³/mol. The molecule has 0 saturated heterocycles. The summed E-state index contributed by atoms with van der Waals surface area (Å²) >= 11 is 0. The highest BCUT2D eigenvalue weighted by Gasteiger charge is 2.29. The van der Waals surface area contributed by atoms with E-state index in [-0.39, 0.29) is 11.8 Å². The summed E-state index contributed by atoms with van der Waals surface area (Å²) < 4.78 is 2.09. The molecule has 3 rings (SSSR count). The molecule has 1 aliphatic rings. The Morgan fingerprint density at radius 2 is 2.04 bits per heavy atom. The van der Waals surface area contributed by atoms with E-state index in [1.165, 1.54) is 24.7 Å². The zero-order valence-corrected chi connectivity index (χ0v) is 14.2. The number of aromatic nitrogens is 2. The fourth-order valence-electron chi connectivity index (χ4n) is 2.81. The summed E-state index contributed by atoms with van der Waals surface area (Å²) in [6.07, 6.45) is 3.90. The number of amides is 2. The normalized spacial score (nSPS) is 13.6. The number of nitrogens with zero attached hydrogens (tertiary/aromatic N) is 2. The molecule has 0 spiro atoms. The van der Waals surface area contributed by atoms with Crippen molar-refractivity contribution >= 4 is 17.6 Å². The number of pyridine rings is 1. The van der Waals surface area contributed by atoms with Crippen molar-refractivity contribution in [3.63, 3.8) is 0 Å². The standard InChI is InChI=1S/C18H22N4O2/c1-4-19-17(23)13-7-8-20-16(9-13)21-18(24)14-10-15(12-5-6-12)22(3)11(14)2/h7-10,12H,4-6H2,1-3H3,(H,19,23)(H,20,21,24). The maximum atomic E-state index is 12.6. The summed E-state index contributed by atoms with van der Waals surface area (Å²) in [5.74, 6) is 0.576. The van der Waals surface area contributed by atoms with E-state index in [9.17, 15) is 9.59 Å². The number of carbonyl (C=O) groups is 2. The van der Waals surface area contributed by atoms with Gasteiger partial charge in [0, 0.05) is 36.7 Å². The van der Waals surface area contributed by atoms with Gasteiger partial charge in [0.1, 0.15) is 5.82 Å². The molecule has 0 radical (unpaired) electrons. The third kappa shape index (κ3) is 3.18. The third-order valence-corrected chi connectivity index (χ3v) is 4.41. The van der Waals surface area contributed by atoms with Gasteiger partial charge < -0.3 is 15.2 Å². The fourth-order valence-corrected chi connectivity index (χ4v) is 2.81. The molecule has 1 aliphatic carbocycles. The van der Waals surface area contributed by atoms with Crippen molar-refractivity contribution in [1.29, 1.82) is 0 Å². The van der Waals surface area contributed by atoms with Crippen LogP contribution in [0.3, 0.4) is 0 Å². The van der Waals surface area contributed by atoms with Crippen LogP contribution in [-0.4, -0.2) is 27.9 Å². The largest absolute Gasteiger partial charge is 0.352 e. The summed E-state index contributed by atoms with van der Waals surface area (Å²) in [5, 5.41) is 5.52. The minimum absolute atomic E-state index is 0.178. The highest BCUT2D eigenvalue weighted by atomic mass is 16.2. The van der Waals surface area contributed by atoms with Crippen LogP contribution in [0.4, 0.5) is 5.82 Å². The first-order valence-electron chi connectivity index (χ1n) is 8.23. The molecule has 2 amide bonds. The molecule has 0 bridgehead atoms. The first-order valence-corrected chi connectivity index (χ1v) is 8.23. The summed E-state index contributed by atoms with van der Waals surface area (Å²) in [6.45, 7) is 4.35. The second-order valence-corrected chi connectivity index (χ2v) is 6.14. The molecule has 2 aromatic rings. The topological polar surface area (TPSA) is 76.0 Å². The second kappa shape index (κ2) is 6.47. The first-order chi connectivity index (χ1) is 11.5. The van der Waals surface area contributed by atoms with Gasteiger partial charge in [-0.3, -0.25) is 9.59 Å². The van der Waals surface area contributed by atoms with Crippen LogP contribution < -0.4 is 10.6 Å². The molecule has 0 unspecified atom stereocenters. The molecule has 1 fully saturated rings. The van der Waals surface area contributed by atoms with Gasteiger partial charge in [0.05, 0.1) is 5.56 Å². The molecular weight excluding hydrogens is 304 g/mol. The van der Waals surface area contributed by atoms with E-state index in [2.05, 4.69) is 20.2 Å². The number of rotatable bonds is 5. The lowest BCUT2D eigenvalue weighted by Gasteiger charge is -2.07. The Hall–Kier alpha value is -2.63. The van der Waals surface area contributed by atoms with Gasteiger partial charge in [0.2, 0.25) is 0 Å². The SMILES string of the molecule is CCNC(=O)c1ccnc(NC(=O)c2cc(C3CC3)n(C)c2C)c1. The predicted octanol–water partition coefficient (Wildman–Crippen LogP) is 2.61. The molecule has 6 heteroatoms. The molecule has 126 valence electrons. The van der Waals surface area contributed by atoms with E-state index in [0.29, 0.717) is 29.4 Å². The minimum Gasteiger partial charge on any atom is -0.352 e. The van der Waals surface area contributed by atoms with E-state index >= 15 is 0 Å². The molecular formula is C18H22N4O2. The molecule has 6 nitrogen and oxygen atoms in total. The second-order valence-electron chi connectivity index (χ2n) is 6.14. The number of hydrogen-bond acceptors (Lipinski definition) is 3. The van der Waals surface area contributed by atoms with Gasteiger partial charge in [-0.1, -0.05) is 0 Å². The van der Waals surface area contributed by atoms with Crippen LogP contribution in [-0.2, 0) is 7.05 Å². The van der Waals surface area contributed by atoms with E-state index < -0.39 is 0 Å². The van der Waals surface area contributed by atoms with Crippen LogP contribution in [0, 0.1) is 6.92 Å². The Bertz CT molecular complexity index is 790. The maximum absolute atomic E-state index is 12.6. The van der Waals surface area contributed by atoms with E-state index in [0.717, 1.165) is 5.69 Å². The molecule has 2 heterocycles. The lowest BCUT2D eigenvalue weighted by molar-refractivity contribution is 0.0954. The van der Waals surface area contributed by atoms with Crippen LogP contribution in [0.5, 0.6) is 0 Å². The highest BCUT2D eigenvalue weighted by Crippen LogP contribution is 2.41. The smallest absolute Gasteiger partial charge is 0.258 e. The van der Waals surface area contributed by atoms with Crippen molar-refractivity contribution in [2.75, 3.05) is 11.9 Å². The third-order valence-electron chi connectivity index (χ3n) is 4.41. The van der Waals surface area contributed by atoms with Crippen molar-refractivity contribution in [3.8, 4) is 0 Å². The Kier molecular flexibility index (Phi) is 4.38. The van der Waals surface area contributed by atoms with Gasteiger partial charge >= 0.3 is 0 Å². The Labute approximate surface area is 141 Å². The van der Waals surface area contributed by atoms with Gasteiger partial charge in [-0.2, -0.15) is 0 Å². The highest BCUT2D eigenvalue weighted by molar-refractivity contribution is 6.05. The quantitative estimate of drug-likeness (QED) is 0.887. The van der Waals surface area contributed by atoms with Crippen molar-refractivity contribution < 1.29 is 9.59 Å². The zero-order chi connectivity index (χ0) is 17.3. The first kappa shape index (κ1) is 16.2. The number of nitrogens with one attached hydrogen (secondary N) is 2. The molecule has 24 heavy (non-hydrogen) atoms. The lowest BCUT2D eigenvalue weighted by Crippen LogP contribution is -2.23. The Morgan fingerprint density at radius 1 is 1.29 bits per heavy atom. The lowest BCUT2D eigenvalue weighted by atomic mass is 10.2. The van der Waals surface area contributed by atoms with Gasteiger partial charge in [0.25, 0.3) is 11.8 Å². The molecule has 0 atom stereocenters. The van der Waals surface area contributed by atoms with Gasteiger partial charge in [-0.05, 0) is 50.8 Å². The van der Waals surface area contributed by atoms with Crippen molar-refractivity contribution in [3.05, 3.63) is 46.9 Å². The van der Waals surface area contributed by atoms with E-state index in [1.807, 2.05) is 27.0 Å². The maximum Gasteiger partial charge on any atom is 0.258 e. The van der Waals surface area contributed by atoms with Gasteiger partial charge in [0.15, 0.2) is 0 Å². The van der Waals surface area contributed by atoms with Gasteiger partial charge in [-0.15, -0.1) is 0 Å². The van der Waals surface area contributed by atoms with E-state index in [4.69, 9.17) is 0 Å². The van der Waals surface area contributed by atoms with Crippen molar-refractivity contribution in [1.82, 2.24) is 14.9 Å². The van der Waals surface area contributed by atoms with Crippen molar-refractivity contribution in [2.24, 2.45) is 7.05 Å². The van der Waals surface area contributed by atoms with Gasteiger partial charge in [-0.25, -0.2) is 4.98 Å². The molecule has 0 aromatic carbocycles. The average molecular weight is 326 g/mol. The molecule has 1 saturated carbocycles. The molecule has 2 N–H and O–H groups in total. The number of anilines is 1. The summed E-state index contributed by atoms with van der Waals surface area (Å²) in [7, 11) is 1.99. The minimum atomic E-state index is -0.199. The van der Waals surface area contributed by atoms with E-state index in [1.54, 1.807) is 12.1 Å². The molecule has 2 aromatic heterocycles. The monoisotopic (exact) mass is 326 g/mol. The van der Waals surface area contributed by atoms with Crippen LogP contribution in [0.1, 0.15) is 57.8 Å². The Balaban J connectivity index is 1.79. The van der Waals surface area contributed by atoms with Crippen LogP contribution in [0.2, 0.25) is 0 Å². The fraction of sp³-hybridized carbons (Fsp3) is 0.389. The van der Waals surface area contributed by atoms with Crippen LogP contribution in [0.15, 0.2) is 24.4 Å². The average Bonchev–Trinajstić information content (AvgIpc) is 3.35. The zero-order valence-electron chi connectivity index (χ0n) is 14.2.